The molecule has 1 aromatic carbocycles. The van der Waals surface area contributed by atoms with E-state index in [0.29, 0.717) is 24.1 Å². The van der Waals surface area contributed by atoms with Gasteiger partial charge in [0, 0.05) is 6.07 Å². The molecule has 0 aromatic heterocycles. The maximum atomic E-state index is 13.0. The van der Waals surface area contributed by atoms with Gasteiger partial charge in [-0.25, -0.2) is 0 Å². The van der Waals surface area contributed by atoms with Crippen LogP contribution in [0.3, 0.4) is 0 Å². The van der Waals surface area contributed by atoms with Crippen molar-refractivity contribution in [2.24, 2.45) is 5.73 Å². The maximum absolute atomic E-state index is 13.0. The normalized spacial score (nSPS) is 10.0. The Morgan fingerprint density at radius 3 is 2.80 bits per heavy atom. The molecule has 0 heterocycles. The van der Waals surface area contributed by atoms with E-state index < -0.39 is 16.4 Å². The lowest BCUT2D eigenvalue weighted by Crippen LogP contribution is -2.00. The third-order valence-electron chi connectivity index (χ3n) is 2.00. The van der Waals surface area contributed by atoms with Gasteiger partial charge in [0.15, 0.2) is 0 Å². The predicted molar refractivity (Wildman–Crippen MR) is 55.8 cm³/mol. The van der Waals surface area contributed by atoms with E-state index >= 15 is 0 Å². The largest absolute Gasteiger partial charge is 0.330 e. The Morgan fingerprint density at radius 1 is 1.60 bits per heavy atom. The molecule has 0 saturated carbocycles. The average Bonchev–Trinajstić information content (AvgIpc) is 2.18. The van der Waals surface area contributed by atoms with Gasteiger partial charge in [-0.15, -0.1) is 0 Å². The van der Waals surface area contributed by atoms with Crippen LogP contribution in [-0.4, -0.2) is 11.5 Å². The maximum Gasteiger partial charge on any atom is 0.305 e. The van der Waals surface area contributed by atoms with Crippen LogP contribution in [0.25, 0.3) is 5.57 Å². The first kappa shape index (κ1) is 11.3. The minimum absolute atomic E-state index is 0.407. The van der Waals surface area contributed by atoms with E-state index in [9.17, 15) is 14.5 Å². The van der Waals surface area contributed by atoms with Crippen molar-refractivity contribution in [3.8, 4) is 0 Å². The first-order valence-electron chi connectivity index (χ1n) is 4.38. The monoisotopic (exact) mass is 210 g/mol. The molecule has 0 radical (unpaired) electrons. The van der Waals surface area contributed by atoms with Crippen LogP contribution in [-0.2, 0) is 0 Å². The minimum atomic E-state index is -0.843. The van der Waals surface area contributed by atoms with Crippen LogP contribution in [0.15, 0.2) is 24.8 Å². The third kappa shape index (κ3) is 2.60. The second kappa shape index (κ2) is 4.65. The zero-order chi connectivity index (χ0) is 11.4. The fourth-order valence-electron chi connectivity index (χ4n) is 1.19. The number of nitro benzene ring substituents is 1. The molecular weight excluding hydrogens is 199 g/mol. The molecule has 0 bridgehead atoms. The van der Waals surface area contributed by atoms with E-state index in [1.165, 1.54) is 12.1 Å². The Balaban J connectivity index is 3.07. The number of halogens is 1. The van der Waals surface area contributed by atoms with E-state index in [1.807, 2.05) is 0 Å². The topological polar surface area (TPSA) is 69.2 Å². The summed E-state index contributed by atoms with van der Waals surface area (Å²) in [5.74, 6) is -0.843. The number of nitro groups is 1. The molecule has 0 saturated heterocycles. The van der Waals surface area contributed by atoms with Crippen molar-refractivity contribution in [1.82, 2.24) is 0 Å². The molecule has 0 fully saturated rings. The summed E-state index contributed by atoms with van der Waals surface area (Å²) in [6.45, 7) is 4.13. The van der Waals surface area contributed by atoms with Crippen LogP contribution in [0.1, 0.15) is 12.0 Å². The lowest BCUT2D eigenvalue weighted by Gasteiger charge is -2.04. The Labute approximate surface area is 86.4 Å². The van der Waals surface area contributed by atoms with Crippen molar-refractivity contribution in [1.29, 1.82) is 0 Å². The molecule has 0 spiro atoms. The molecule has 0 aliphatic carbocycles. The highest BCUT2D eigenvalue weighted by Crippen LogP contribution is 2.23. The number of nitrogens with two attached hydrogens (primary N) is 1. The van der Waals surface area contributed by atoms with E-state index in [2.05, 4.69) is 6.58 Å². The van der Waals surface area contributed by atoms with Gasteiger partial charge in [0.2, 0.25) is 5.82 Å². The number of nitrogens with zero attached hydrogens (tertiary/aromatic N) is 1. The number of hydrogen-bond acceptors (Lipinski definition) is 3. The minimum Gasteiger partial charge on any atom is -0.330 e. The van der Waals surface area contributed by atoms with Crippen molar-refractivity contribution < 1.29 is 9.31 Å². The van der Waals surface area contributed by atoms with Crippen molar-refractivity contribution in [2.45, 2.75) is 6.42 Å². The summed E-state index contributed by atoms with van der Waals surface area (Å²) in [5.41, 5.74) is 6.01. The number of rotatable bonds is 4. The van der Waals surface area contributed by atoms with Crippen molar-refractivity contribution in [2.75, 3.05) is 6.54 Å². The van der Waals surface area contributed by atoms with Crippen LogP contribution < -0.4 is 5.73 Å². The average molecular weight is 210 g/mol. The summed E-state index contributed by atoms with van der Waals surface area (Å²) in [7, 11) is 0. The molecular formula is C10H11FN2O2. The molecule has 0 amide bonds. The second-order valence-corrected chi connectivity index (χ2v) is 3.07. The molecule has 4 nitrogen and oxygen atoms in total. The standard InChI is InChI=1S/C10H11FN2O2/c1-7(4-5-12)8-2-3-9(11)10(6-8)13(14)15/h2-3,6H,1,4-5,12H2. The highest BCUT2D eigenvalue weighted by Gasteiger charge is 2.14. The third-order valence-corrected chi connectivity index (χ3v) is 2.00. The fraction of sp³-hybridized carbons (Fsp3) is 0.200. The molecule has 80 valence electrons. The first-order chi connectivity index (χ1) is 7.06. The van der Waals surface area contributed by atoms with Gasteiger partial charge in [0.25, 0.3) is 0 Å². The predicted octanol–water partition coefficient (Wildman–Crippen LogP) is 2.10. The van der Waals surface area contributed by atoms with Gasteiger partial charge >= 0.3 is 5.69 Å². The summed E-state index contributed by atoms with van der Waals surface area (Å²) in [4.78, 5) is 9.71. The Hall–Kier alpha value is -1.75. The Bertz CT molecular complexity index is 404. The van der Waals surface area contributed by atoms with Gasteiger partial charge in [0.05, 0.1) is 4.92 Å². The molecule has 1 rings (SSSR count). The number of hydrogen-bond donors (Lipinski definition) is 1. The van der Waals surface area contributed by atoms with E-state index in [0.717, 1.165) is 6.07 Å². The molecule has 2 N–H and O–H groups in total. The first-order valence-corrected chi connectivity index (χ1v) is 4.38. The lowest BCUT2D eigenvalue weighted by atomic mass is 10.0. The quantitative estimate of drug-likeness (QED) is 0.611. The van der Waals surface area contributed by atoms with E-state index in [1.54, 1.807) is 0 Å². The van der Waals surface area contributed by atoms with Crippen molar-refractivity contribution >= 4 is 11.3 Å². The molecule has 0 aliphatic rings. The summed E-state index contributed by atoms with van der Waals surface area (Å²) < 4.78 is 13.0. The van der Waals surface area contributed by atoms with Gasteiger partial charge in [-0.05, 0) is 30.2 Å². The fourth-order valence-corrected chi connectivity index (χ4v) is 1.19. The van der Waals surface area contributed by atoms with Crippen LogP contribution in [0.5, 0.6) is 0 Å². The summed E-state index contributed by atoms with van der Waals surface area (Å²) in [6, 6.07) is 3.70. The SMILES string of the molecule is C=C(CCN)c1ccc(F)c([N+](=O)[O-])c1. The smallest absolute Gasteiger partial charge is 0.305 e. The Kier molecular flexibility index (Phi) is 3.51. The molecule has 0 atom stereocenters. The highest BCUT2D eigenvalue weighted by atomic mass is 19.1. The second-order valence-electron chi connectivity index (χ2n) is 3.07. The van der Waals surface area contributed by atoms with Crippen LogP contribution in [0, 0.1) is 15.9 Å². The number of benzene rings is 1. The zero-order valence-electron chi connectivity index (χ0n) is 8.07. The van der Waals surface area contributed by atoms with Crippen molar-refractivity contribution in [3.05, 3.63) is 46.3 Å². The molecule has 0 unspecified atom stereocenters. The molecule has 15 heavy (non-hydrogen) atoms. The van der Waals surface area contributed by atoms with Crippen LogP contribution in [0.2, 0.25) is 0 Å². The molecule has 0 aliphatic heterocycles. The van der Waals surface area contributed by atoms with E-state index in [-0.39, 0.29) is 0 Å². The van der Waals surface area contributed by atoms with Gasteiger partial charge in [-0.3, -0.25) is 10.1 Å². The zero-order valence-corrected chi connectivity index (χ0v) is 8.07. The van der Waals surface area contributed by atoms with Crippen molar-refractivity contribution in [3.63, 3.8) is 0 Å². The summed E-state index contributed by atoms with van der Waals surface area (Å²) >= 11 is 0. The summed E-state index contributed by atoms with van der Waals surface area (Å²) in [5, 5.41) is 10.5. The molecule has 1 aromatic rings. The van der Waals surface area contributed by atoms with Gasteiger partial charge < -0.3 is 5.73 Å². The van der Waals surface area contributed by atoms with Gasteiger partial charge in [0.1, 0.15) is 0 Å². The van der Waals surface area contributed by atoms with Gasteiger partial charge in [-0.1, -0.05) is 12.6 Å². The van der Waals surface area contributed by atoms with Gasteiger partial charge in [-0.2, -0.15) is 4.39 Å². The van der Waals surface area contributed by atoms with Crippen LogP contribution in [0.4, 0.5) is 10.1 Å². The van der Waals surface area contributed by atoms with E-state index in [4.69, 9.17) is 5.73 Å². The molecule has 5 heteroatoms. The Morgan fingerprint density at radius 2 is 2.27 bits per heavy atom. The highest BCUT2D eigenvalue weighted by molar-refractivity contribution is 5.65. The summed E-state index contributed by atoms with van der Waals surface area (Å²) in [6.07, 6.45) is 0.531. The van der Waals surface area contributed by atoms with Crippen LogP contribution >= 0.6 is 0 Å². The lowest BCUT2D eigenvalue weighted by molar-refractivity contribution is -0.387.